The molecule has 1 atom stereocenters. The molecular weight excluding hydrogens is 401 g/mol. The lowest BCUT2D eigenvalue weighted by Gasteiger charge is -2.15. The first-order valence-electron chi connectivity index (χ1n) is 6.85. The summed E-state index contributed by atoms with van der Waals surface area (Å²) in [6.45, 7) is 1.94. The van der Waals surface area contributed by atoms with Crippen molar-refractivity contribution in [1.29, 1.82) is 0 Å². The summed E-state index contributed by atoms with van der Waals surface area (Å²) in [6.07, 6.45) is 0.0446. The van der Waals surface area contributed by atoms with E-state index in [1.54, 1.807) is 6.92 Å². The first kappa shape index (κ1) is 18.4. The second-order valence-corrected chi connectivity index (χ2v) is 5.72. The third kappa shape index (κ3) is 6.42. The molecule has 0 aliphatic rings. The SMILES string of the molecule is CCOC(=O)CCC(=O)N[C@@H](Cc1ccccc1I)C(=O)O. The van der Waals surface area contributed by atoms with E-state index in [0.29, 0.717) is 0 Å². The van der Waals surface area contributed by atoms with E-state index in [4.69, 9.17) is 4.74 Å². The number of hydrogen-bond donors (Lipinski definition) is 2. The van der Waals surface area contributed by atoms with Crippen molar-refractivity contribution < 1.29 is 24.2 Å². The van der Waals surface area contributed by atoms with Crippen LogP contribution in [-0.2, 0) is 25.5 Å². The highest BCUT2D eigenvalue weighted by Gasteiger charge is 2.21. The molecule has 1 amide bonds. The fourth-order valence-corrected chi connectivity index (χ4v) is 2.41. The van der Waals surface area contributed by atoms with Crippen molar-refractivity contribution >= 4 is 40.4 Å². The average molecular weight is 419 g/mol. The van der Waals surface area contributed by atoms with E-state index in [0.717, 1.165) is 9.13 Å². The minimum Gasteiger partial charge on any atom is -0.480 e. The Hall–Kier alpha value is -1.64. The van der Waals surface area contributed by atoms with Gasteiger partial charge in [-0.2, -0.15) is 0 Å². The third-order valence-corrected chi connectivity index (χ3v) is 3.93. The molecule has 1 aromatic carbocycles. The van der Waals surface area contributed by atoms with Crippen LogP contribution in [0.4, 0.5) is 0 Å². The number of carbonyl (C=O) groups excluding carboxylic acids is 2. The lowest BCUT2D eigenvalue weighted by atomic mass is 10.1. The van der Waals surface area contributed by atoms with E-state index in [9.17, 15) is 19.5 Å². The van der Waals surface area contributed by atoms with Crippen molar-refractivity contribution in [2.24, 2.45) is 0 Å². The van der Waals surface area contributed by atoms with Gasteiger partial charge in [-0.05, 0) is 41.1 Å². The molecule has 120 valence electrons. The molecule has 0 bridgehead atoms. The highest BCUT2D eigenvalue weighted by Crippen LogP contribution is 2.13. The minimum absolute atomic E-state index is 0.0606. The van der Waals surface area contributed by atoms with E-state index in [2.05, 4.69) is 27.9 Å². The van der Waals surface area contributed by atoms with Crippen molar-refractivity contribution in [1.82, 2.24) is 5.32 Å². The number of esters is 1. The van der Waals surface area contributed by atoms with Crippen LogP contribution >= 0.6 is 22.6 Å². The number of hydrogen-bond acceptors (Lipinski definition) is 4. The topological polar surface area (TPSA) is 92.7 Å². The van der Waals surface area contributed by atoms with Gasteiger partial charge in [0.25, 0.3) is 0 Å². The first-order chi connectivity index (χ1) is 10.4. The average Bonchev–Trinajstić information content (AvgIpc) is 2.47. The lowest BCUT2D eigenvalue weighted by molar-refractivity contribution is -0.144. The van der Waals surface area contributed by atoms with Crippen LogP contribution in [0.5, 0.6) is 0 Å². The van der Waals surface area contributed by atoms with Crippen LogP contribution in [0.2, 0.25) is 0 Å². The molecule has 6 nitrogen and oxygen atoms in total. The lowest BCUT2D eigenvalue weighted by Crippen LogP contribution is -2.42. The molecule has 0 fully saturated rings. The summed E-state index contributed by atoms with van der Waals surface area (Å²) in [5, 5.41) is 11.7. The number of halogens is 1. The van der Waals surface area contributed by atoms with Gasteiger partial charge in [-0.1, -0.05) is 18.2 Å². The fourth-order valence-electron chi connectivity index (χ4n) is 1.80. The highest BCUT2D eigenvalue weighted by molar-refractivity contribution is 14.1. The summed E-state index contributed by atoms with van der Waals surface area (Å²) >= 11 is 2.12. The van der Waals surface area contributed by atoms with Gasteiger partial charge >= 0.3 is 11.9 Å². The Morgan fingerprint density at radius 1 is 1.27 bits per heavy atom. The summed E-state index contributed by atoms with van der Waals surface area (Å²) < 4.78 is 5.66. The molecule has 0 radical (unpaired) electrons. The predicted octanol–water partition coefficient (Wildman–Crippen LogP) is 1.75. The van der Waals surface area contributed by atoms with E-state index in [1.807, 2.05) is 24.3 Å². The van der Waals surface area contributed by atoms with Crippen LogP contribution in [0, 0.1) is 3.57 Å². The predicted molar refractivity (Wildman–Crippen MR) is 88.3 cm³/mol. The highest BCUT2D eigenvalue weighted by atomic mass is 127. The Morgan fingerprint density at radius 2 is 1.95 bits per heavy atom. The quantitative estimate of drug-likeness (QED) is 0.495. The normalized spacial score (nSPS) is 11.5. The Morgan fingerprint density at radius 3 is 2.55 bits per heavy atom. The van der Waals surface area contributed by atoms with E-state index < -0.39 is 23.9 Å². The number of nitrogens with one attached hydrogen (secondary N) is 1. The van der Waals surface area contributed by atoms with Crippen LogP contribution < -0.4 is 5.32 Å². The summed E-state index contributed by atoms with van der Waals surface area (Å²) in [5.41, 5.74) is 0.848. The monoisotopic (exact) mass is 419 g/mol. The molecule has 0 unspecified atom stereocenters. The molecule has 0 aliphatic heterocycles. The maximum Gasteiger partial charge on any atom is 0.326 e. The number of ether oxygens (including phenoxy) is 1. The van der Waals surface area contributed by atoms with Crippen LogP contribution in [-0.4, -0.2) is 35.6 Å². The summed E-state index contributed by atoms with van der Waals surface area (Å²) in [5.74, 6) is -2.06. The van der Waals surface area contributed by atoms with Crippen LogP contribution in [0.1, 0.15) is 25.3 Å². The molecule has 2 N–H and O–H groups in total. The van der Waals surface area contributed by atoms with Gasteiger partial charge in [-0.3, -0.25) is 9.59 Å². The molecule has 0 saturated carbocycles. The minimum atomic E-state index is -1.11. The number of carboxylic acid groups (broad SMARTS) is 1. The van der Waals surface area contributed by atoms with Crippen molar-refractivity contribution in [2.45, 2.75) is 32.2 Å². The number of carbonyl (C=O) groups is 3. The van der Waals surface area contributed by atoms with Crippen molar-refractivity contribution in [3.05, 3.63) is 33.4 Å². The molecule has 0 aliphatic carbocycles. The van der Waals surface area contributed by atoms with Gasteiger partial charge in [-0.25, -0.2) is 4.79 Å². The number of benzene rings is 1. The molecule has 1 aromatic rings. The van der Waals surface area contributed by atoms with Crippen molar-refractivity contribution in [2.75, 3.05) is 6.61 Å². The first-order valence-corrected chi connectivity index (χ1v) is 7.93. The molecule has 7 heteroatoms. The molecule has 1 rings (SSSR count). The standard InChI is InChI=1S/C15H18INO5/c1-2-22-14(19)8-7-13(18)17-12(15(20)21)9-10-5-3-4-6-11(10)16/h3-6,12H,2,7-9H2,1H3,(H,17,18)(H,20,21)/t12-/m0/s1. The Balaban J connectivity index is 2.58. The maximum absolute atomic E-state index is 11.8. The van der Waals surface area contributed by atoms with Gasteiger partial charge in [0.15, 0.2) is 0 Å². The second kappa shape index (κ2) is 9.39. The Bertz CT molecular complexity index is 546. The molecular formula is C15H18INO5. The number of aliphatic carboxylic acids is 1. The van der Waals surface area contributed by atoms with Crippen molar-refractivity contribution in [3.8, 4) is 0 Å². The van der Waals surface area contributed by atoms with Gasteiger partial charge in [-0.15, -0.1) is 0 Å². The van der Waals surface area contributed by atoms with Gasteiger partial charge in [0, 0.05) is 16.4 Å². The largest absolute Gasteiger partial charge is 0.480 e. The van der Waals surface area contributed by atoms with E-state index in [1.165, 1.54) is 0 Å². The zero-order chi connectivity index (χ0) is 16.5. The number of carboxylic acids is 1. The smallest absolute Gasteiger partial charge is 0.326 e. The van der Waals surface area contributed by atoms with Gasteiger partial charge in [0.2, 0.25) is 5.91 Å². The summed E-state index contributed by atoms with van der Waals surface area (Å²) in [4.78, 5) is 34.2. The molecule has 0 spiro atoms. The van der Waals surface area contributed by atoms with Gasteiger partial charge in [0.05, 0.1) is 13.0 Å². The van der Waals surface area contributed by atoms with Gasteiger partial charge in [0.1, 0.15) is 6.04 Å². The Kier molecular flexibility index (Phi) is 7.86. The number of rotatable bonds is 8. The van der Waals surface area contributed by atoms with Crippen molar-refractivity contribution in [3.63, 3.8) is 0 Å². The summed E-state index contributed by atoms with van der Waals surface area (Å²) in [6, 6.07) is 6.35. The fraction of sp³-hybridized carbons (Fsp3) is 0.400. The zero-order valence-corrected chi connectivity index (χ0v) is 14.3. The van der Waals surface area contributed by atoms with Crippen LogP contribution in [0.15, 0.2) is 24.3 Å². The molecule has 0 heterocycles. The second-order valence-electron chi connectivity index (χ2n) is 4.56. The number of amides is 1. The van der Waals surface area contributed by atoms with E-state index in [-0.39, 0.29) is 25.9 Å². The molecule has 22 heavy (non-hydrogen) atoms. The van der Waals surface area contributed by atoms with Gasteiger partial charge < -0.3 is 15.2 Å². The zero-order valence-electron chi connectivity index (χ0n) is 12.2. The molecule has 0 aromatic heterocycles. The van der Waals surface area contributed by atoms with Crippen LogP contribution in [0.25, 0.3) is 0 Å². The van der Waals surface area contributed by atoms with Crippen LogP contribution in [0.3, 0.4) is 0 Å². The summed E-state index contributed by atoms with van der Waals surface area (Å²) in [7, 11) is 0. The third-order valence-electron chi connectivity index (χ3n) is 2.88. The molecule has 0 saturated heterocycles. The van der Waals surface area contributed by atoms with E-state index >= 15 is 0 Å². The Labute approximate surface area is 142 Å². The maximum atomic E-state index is 11.8.